The summed E-state index contributed by atoms with van der Waals surface area (Å²) in [6, 6.07) is 0. The highest BCUT2D eigenvalue weighted by Crippen LogP contribution is 2.25. The molecule has 22 heavy (non-hydrogen) atoms. The van der Waals surface area contributed by atoms with E-state index in [4.69, 9.17) is 18.9 Å². The Morgan fingerprint density at radius 1 is 0.727 bits per heavy atom. The maximum atomic E-state index is 12.1. The average molecular weight is 318 g/mol. The largest absolute Gasteiger partial charge is 0.462 e. The van der Waals surface area contributed by atoms with Crippen LogP contribution in [0.4, 0.5) is 0 Å². The van der Waals surface area contributed by atoms with E-state index in [1.807, 2.05) is 13.8 Å². The summed E-state index contributed by atoms with van der Waals surface area (Å²) in [5.41, 5.74) is -1.28. The van der Waals surface area contributed by atoms with Gasteiger partial charge in [0.1, 0.15) is 13.2 Å². The van der Waals surface area contributed by atoms with Crippen molar-refractivity contribution in [2.24, 2.45) is 5.41 Å². The minimum atomic E-state index is -1.28. The molecule has 0 aromatic heterocycles. The van der Waals surface area contributed by atoms with Crippen molar-refractivity contribution in [2.45, 2.75) is 47.0 Å². The van der Waals surface area contributed by atoms with Gasteiger partial charge in [-0.3, -0.25) is 9.59 Å². The van der Waals surface area contributed by atoms with E-state index in [0.29, 0.717) is 32.8 Å². The second kappa shape index (κ2) is 12.4. The molecule has 0 aromatic carbocycles. The molecule has 0 atom stereocenters. The van der Waals surface area contributed by atoms with Gasteiger partial charge in [-0.1, -0.05) is 20.8 Å². The Kier molecular flexibility index (Phi) is 11.8. The lowest BCUT2D eigenvalue weighted by atomic mass is 9.88. The van der Waals surface area contributed by atoms with Gasteiger partial charge in [-0.05, 0) is 26.2 Å². The lowest BCUT2D eigenvalue weighted by molar-refractivity contribution is -0.173. The Morgan fingerprint density at radius 3 is 1.45 bits per heavy atom. The van der Waals surface area contributed by atoms with Crippen LogP contribution in [0, 0.1) is 5.41 Å². The van der Waals surface area contributed by atoms with Crippen LogP contribution in [0.2, 0.25) is 0 Å². The predicted molar refractivity (Wildman–Crippen MR) is 82.5 cm³/mol. The summed E-state index contributed by atoms with van der Waals surface area (Å²) < 4.78 is 20.7. The minimum absolute atomic E-state index is 0.140. The van der Waals surface area contributed by atoms with Crippen LogP contribution in [0.15, 0.2) is 0 Å². The standard InChI is InChI=1S/C16H30O6/c1-5-8-19-10-12-21-14(17)16(4,7-3)15(18)22-13-11-20-9-6-2/h5-13H2,1-4H3. The maximum absolute atomic E-state index is 12.1. The van der Waals surface area contributed by atoms with Crippen LogP contribution in [-0.4, -0.2) is 51.6 Å². The molecule has 130 valence electrons. The zero-order valence-corrected chi connectivity index (χ0v) is 14.3. The average Bonchev–Trinajstić information content (AvgIpc) is 2.53. The van der Waals surface area contributed by atoms with E-state index < -0.39 is 17.4 Å². The van der Waals surface area contributed by atoms with Gasteiger partial charge in [-0.15, -0.1) is 0 Å². The SMILES string of the molecule is CCCOCCOC(=O)C(C)(CC)C(=O)OCCOCCC. The molecule has 0 unspecified atom stereocenters. The molecule has 0 radical (unpaired) electrons. The first-order chi connectivity index (χ1) is 10.5. The minimum Gasteiger partial charge on any atom is -0.462 e. The molecule has 0 fully saturated rings. The van der Waals surface area contributed by atoms with Gasteiger partial charge < -0.3 is 18.9 Å². The van der Waals surface area contributed by atoms with Gasteiger partial charge in [-0.25, -0.2) is 0 Å². The number of rotatable bonds is 13. The van der Waals surface area contributed by atoms with Crippen molar-refractivity contribution in [1.29, 1.82) is 0 Å². The van der Waals surface area contributed by atoms with E-state index in [1.165, 1.54) is 6.92 Å². The molecule has 0 aliphatic carbocycles. The van der Waals surface area contributed by atoms with Gasteiger partial charge in [0.15, 0.2) is 5.41 Å². The molecule has 0 heterocycles. The molecule has 0 bridgehead atoms. The summed E-state index contributed by atoms with van der Waals surface area (Å²) in [6.07, 6.45) is 2.14. The van der Waals surface area contributed by atoms with E-state index >= 15 is 0 Å². The maximum Gasteiger partial charge on any atom is 0.323 e. The van der Waals surface area contributed by atoms with Crippen LogP contribution >= 0.6 is 0 Å². The smallest absolute Gasteiger partial charge is 0.323 e. The third kappa shape index (κ3) is 7.75. The van der Waals surface area contributed by atoms with E-state index in [1.54, 1.807) is 6.92 Å². The first kappa shape index (κ1) is 20.9. The number of hydrogen-bond donors (Lipinski definition) is 0. The highest BCUT2D eigenvalue weighted by Gasteiger charge is 2.42. The van der Waals surface area contributed by atoms with Crippen molar-refractivity contribution in [1.82, 2.24) is 0 Å². The molecule has 0 aliphatic heterocycles. The summed E-state index contributed by atoms with van der Waals surface area (Å²) in [4.78, 5) is 24.2. The summed E-state index contributed by atoms with van der Waals surface area (Å²) in [5, 5.41) is 0. The molecule has 0 saturated carbocycles. The van der Waals surface area contributed by atoms with Crippen LogP contribution in [-0.2, 0) is 28.5 Å². The van der Waals surface area contributed by atoms with Crippen LogP contribution in [0.5, 0.6) is 0 Å². The van der Waals surface area contributed by atoms with E-state index in [9.17, 15) is 9.59 Å². The van der Waals surface area contributed by atoms with Gasteiger partial charge in [0, 0.05) is 13.2 Å². The molecule has 0 saturated heterocycles. The van der Waals surface area contributed by atoms with Crippen molar-refractivity contribution in [3.05, 3.63) is 0 Å². The normalized spacial score (nSPS) is 11.3. The summed E-state index contributed by atoms with van der Waals surface area (Å²) >= 11 is 0. The number of esters is 2. The Bertz CT molecular complexity index is 290. The van der Waals surface area contributed by atoms with Crippen molar-refractivity contribution in [3.63, 3.8) is 0 Å². The molecule has 6 heteroatoms. The van der Waals surface area contributed by atoms with Crippen LogP contribution < -0.4 is 0 Å². The molecule has 0 spiro atoms. The summed E-state index contributed by atoms with van der Waals surface area (Å²) in [6.45, 7) is 9.49. The molecular formula is C16H30O6. The van der Waals surface area contributed by atoms with Crippen molar-refractivity contribution in [3.8, 4) is 0 Å². The fourth-order valence-electron chi connectivity index (χ4n) is 1.57. The number of carbonyl (C=O) groups excluding carboxylic acids is 2. The molecule has 0 aliphatic rings. The van der Waals surface area contributed by atoms with E-state index in [-0.39, 0.29) is 13.2 Å². The Morgan fingerprint density at radius 2 is 1.14 bits per heavy atom. The Balaban J connectivity index is 4.17. The van der Waals surface area contributed by atoms with Crippen LogP contribution in [0.1, 0.15) is 47.0 Å². The lowest BCUT2D eigenvalue weighted by Gasteiger charge is -2.23. The molecule has 0 aromatic rings. The number of ether oxygens (including phenoxy) is 4. The van der Waals surface area contributed by atoms with Gasteiger partial charge in [0.05, 0.1) is 13.2 Å². The molecule has 0 amide bonds. The van der Waals surface area contributed by atoms with Crippen LogP contribution in [0.25, 0.3) is 0 Å². The monoisotopic (exact) mass is 318 g/mol. The van der Waals surface area contributed by atoms with Gasteiger partial charge in [0.25, 0.3) is 0 Å². The topological polar surface area (TPSA) is 71.1 Å². The molecular weight excluding hydrogens is 288 g/mol. The van der Waals surface area contributed by atoms with Crippen molar-refractivity contribution < 1.29 is 28.5 Å². The third-order valence-electron chi connectivity index (χ3n) is 3.23. The zero-order chi connectivity index (χ0) is 16.8. The van der Waals surface area contributed by atoms with Gasteiger partial charge >= 0.3 is 11.9 Å². The van der Waals surface area contributed by atoms with E-state index in [2.05, 4.69) is 0 Å². The predicted octanol–water partition coefficient (Wildman–Crippen LogP) is 2.34. The number of carbonyl (C=O) groups is 2. The summed E-state index contributed by atoms with van der Waals surface area (Å²) in [7, 11) is 0. The Labute approximate surface area is 133 Å². The summed E-state index contributed by atoms with van der Waals surface area (Å²) in [5.74, 6) is -1.15. The van der Waals surface area contributed by atoms with Gasteiger partial charge in [0.2, 0.25) is 0 Å². The highest BCUT2D eigenvalue weighted by atomic mass is 16.6. The molecule has 0 rings (SSSR count). The van der Waals surface area contributed by atoms with Crippen molar-refractivity contribution >= 4 is 11.9 Å². The fourth-order valence-corrected chi connectivity index (χ4v) is 1.57. The second-order valence-electron chi connectivity index (χ2n) is 5.18. The first-order valence-electron chi connectivity index (χ1n) is 8.02. The quantitative estimate of drug-likeness (QED) is 0.295. The number of hydrogen-bond acceptors (Lipinski definition) is 6. The second-order valence-corrected chi connectivity index (χ2v) is 5.18. The highest BCUT2D eigenvalue weighted by molar-refractivity contribution is 5.99. The Hall–Kier alpha value is -1.14. The van der Waals surface area contributed by atoms with Crippen molar-refractivity contribution in [2.75, 3.05) is 39.6 Å². The fraction of sp³-hybridized carbons (Fsp3) is 0.875. The first-order valence-corrected chi connectivity index (χ1v) is 8.02. The molecule has 6 nitrogen and oxygen atoms in total. The lowest BCUT2D eigenvalue weighted by Crippen LogP contribution is -2.39. The van der Waals surface area contributed by atoms with Gasteiger partial charge in [-0.2, -0.15) is 0 Å². The molecule has 0 N–H and O–H groups in total. The van der Waals surface area contributed by atoms with Crippen LogP contribution in [0.3, 0.4) is 0 Å². The third-order valence-corrected chi connectivity index (χ3v) is 3.23. The van der Waals surface area contributed by atoms with E-state index in [0.717, 1.165) is 12.8 Å². The zero-order valence-electron chi connectivity index (χ0n) is 14.3.